The van der Waals surface area contributed by atoms with Crippen LogP contribution in [-0.4, -0.2) is 24.9 Å². The number of nitrogens with zero attached hydrogens (tertiary/aromatic N) is 1. The summed E-state index contributed by atoms with van der Waals surface area (Å²) in [6.45, 7) is 4.28. The minimum absolute atomic E-state index is 0.0409. The molecular formula is C24H29N3O2. The first-order chi connectivity index (χ1) is 14.1. The van der Waals surface area contributed by atoms with Gasteiger partial charge in [-0.2, -0.15) is 0 Å². The predicted molar refractivity (Wildman–Crippen MR) is 117 cm³/mol. The van der Waals surface area contributed by atoms with Crippen LogP contribution in [0.3, 0.4) is 0 Å². The molecule has 2 atom stereocenters. The monoisotopic (exact) mass is 391 g/mol. The average molecular weight is 392 g/mol. The van der Waals surface area contributed by atoms with Crippen molar-refractivity contribution in [1.82, 2.24) is 0 Å². The molecule has 152 valence electrons. The van der Waals surface area contributed by atoms with Gasteiger partial charge in [0.25, 0.3) is 5.91 Å². The van der Waals surface area contributed by atoms with E-state index in [1.54, 1.807) is 18.2 Å². The Hall–Kier alpha value is -2.82. The Morgan fingerprint density at radius 1 is 0.897 bits per heavy atom. The molecule has 1 saturated carbocycles. The molecule has 29 heavy (non-hydrogen) atoms. The van der Waals surface area contributed by atoms with Crippen LogP contribution in [0.15, 0.2) is 48.5 Å². The Kier molecular flexibility index (Phi) is 5.84. The molecule has 1 saturated heterocycles. The zero-order chi connectivity index (χ0) is 20.2. The lowest BCUT2D eigenvalue weighted by atomic mass is 10.1. The number of benzene rings is 2. The first kappa shape index (κ1) is 19.5. The van der Waals surface area contributed by atoms with Gasteiger partial charge < -0.3 is 15.5 Å². The lowest BCUT2D eigenvalue weighted by Gasteiger charge is -2.22. The minimum Gasteiger partial charge on any atom is -0.372 e. The molecule has 0 radical (unpaired) electrons. The molecule has 2 N–H and O–H groups in total. The number of nitrogens with one attached hydrogen (secondary N) is 2. The third-order valence-corrected chi connectivity index (χ3v) is 5.93. The maximum Gasteiger partial charge on any atom is 0.255 e. The first-order valence-electron chi connectivity index (χ1n) is 10.7. The maximum atomic E-state index is 12.6. The number of amides is 2. The van der Waals surface area contributed by atoms with Crippen molar-refractivity contribution in [2.75, 3.05) is 28.6 Å². The summed E-state index contributed by atoms with van der Waals surface area (Å²) in [5.74, 6) is 0.427. The van der Waals surface area contributed by atoms with Gasteiger partial charge in [0.1, 0.15) is 0 Å². The molecule has 2 amide bonds. The van der Waals surface area contributed by atoms with E-state index in [4.69, 9.17) is 0 Å². The molecule has 2 aliphatic rings. The number of hydrogen-bond donors (Lipinski definition) is 2. The van der Waals surface area contributed by atoms with Gasteiger partial charge in [-0.15, -0.1) is 0 Å². The summed E-state index contributed by atoms with van der Waals surface area (Å²) >= 11 is 0. The van der Waals surface area contributed by atoms with Crippen LogP contribution in [0, 0.1) is 11.8 Å². The smallest absolute Gasteiger partial charge is 0.255 e. The molecule has 1 aliphatic carbocycles. The summed E-state index contributed by atoms with van der Waals surface area (Å²) in [6.07, 6.45) is 6.04. The van der Waals surface area contributed by atoms with Gasteiger partial charge in [-0.1, -0.05) is 25.8 Å². The van der Waals surface area contributed by atoms with E-state index in [9.17, 15) is 9.59 Å². The zero-order valence-electron chi connectivity index (χ0n) is 17.0. The van der Waals surface area contributed by atoms with Crippen molar-refractivity contribution < 1.29 is 9.59 Å². The standard InChI is InChI=1S/C24H29N3O2/c1-17-15-22(17)24(29)26-20-8-6-7-18(16-20)23(28)25-19-9-11-21(12-10-19)27-13-4-2-3-5-14-27/h6-12,16-17,22H,2-5,13-15H2,1H3,(H,25,28)(H,26,29). The van der Waals surface area contributed by atoms with Gasteiger partial charge in [-0.25, -0.2) is 0 Å². The number of carbonyl (C=O) groups is 2. The second-order valence-electron chi connectivity index (χ2n) is 8.29. The van der Waals surface area contributed by atoms with Gasteiger partial charge in [0.2, 0.25) is 5.91 Å². The van der Waals surface area contributed by atoms with E-state index in [1.165, 1.54) is 31.4 Å². The summed E-state index contributed by atoms with van der Waals surface area (Å²) in [7, 11) is 0. The molecule has 4 rings (SSSR count). The highest BCUT2D eigenvalue weighted by molar-refractivity contribution is 6.05. The van der Waals surface area contributed by atoms with Gasteiger partial charge in [0.05, 0.1) is 0 Å². The highest BCUT2D eigenvalue weighted by Gasteiger charge is 2.39. The maximum absolute atomic E-state index is 12.6. The van der Waals surface area contributed by atoms with E-state index >= 15 is 0 Å². The van der Waals surface area contributed by atoms with Crippen LogP contribution < -0.4 is 15.5 Å². The fraction of sp³-hybridized carbons (Fsp3) is 0.417. The summed E-state index contributed by atoms with van der Waals surface area (Å²) < 4.78 is 0. The quantitative estimate of drug-likeness (QED) is 0.761. The number of anilines is 3. The molecule has 5 nitrogen and oxygen atoms in total. The molecule has 0 bridgehead atoms. The summed E-state index contributed by atoms with van der Waals surface area (Å²) in [6, 6.07) is 15.2. The van der Waals surface area contributed by atoms with Gasteiger partial charge in [-0.05, 0) is 67.6 Å². The molecule has 0 spiro atoms. The topological polar surface area (TPSA) is 61.4 Å². The van der Waals surface area contributed by atoms with Crippen molar-refractivity contribution in [2.45, 2.75) is 39.0 Å². The van der Waals surface area contributed by atoms with Crippen molar-refractivity contribution in [1.29, 1.82) is 0 Å². The van der Waals surface area contributed by atoms with Crippen molar-refractivity contribution in [3.8, 4) is 0 Å². The van der Waals surface area contributed by atoms with E-state index in [1.807, 2.05) is 18.2 Å². The second kappa shape index (κ2) is 8.68. The number of hydrogen-bond acceptors (Lipinski definition) is 3. The lowest BCUT2D eigenvalue weighted by molar-refractivity contribution is -0.117. The third-order valence-electron chi connectivity index (χ3n) is 5.93. The number of rotatable bonds is 5. The van der Waals surface area contributed by atoms with E-state index in [-0.39, 0.29) is 17.7 Å². The summed E-state index contributed by atoms with van der Waals surface area (Å²) in [5.41, 5.74) is 3.18. The van der Waals surface area contributed by atoms with Crippen LogP contribution in [0.2, 0.25) is 0 Å². The Balaban J connectivity index is 1.37. The SMILES string of the molecule is CC1CC1C(=O)Nc1cccc(C(=O)Nc2ccc(N3CCCCCC3)cc2)c1. The zero-order valence-corrected chi connectivity index (χ0v) is 17.0. The highest BCUT2D eigenvalue weighted by atomic mass is 16.2. The third kappa shape index (κ3) is 4.97. The molecular weight excluding hydrogens is 362 g/mol. The van der Waals surface area contributed by atoms with Crippen LogP contribution >= 0.6 is 0 Å². The molecule has 1 aliphatic heterocycles. The second-order valence-corrected chi connectivity index (χ2v) is 8.29. The van der Waals surface area contributed by atoms with Gasteiger partial charge in [0.15, 0.2) is 0 Å². The van der Waals surface area contributed by atoms with Crippen LogP contribution in [0.4, 0.5) is 17.1 Å². The van der Waals surface area contributed by atoms with E-state index in [2.05, 4.69) is 34.6 Å². The fourth-order valence-electron chi connectivity index (χ4n) is 3.95. The van der Waals surface area contributed by atoms with Crippen LogP contribution in [0.1, 0.15) is 49.4 Å². The van der Waals surface area contributed by atoms with Crippen LogP contribution in [-0.2, 0) is 4.79 Å². The summed E-state index contributed by atoms with van der Waals surface area (Å²) in [5, 5.41) is 5.87. The highest BCUT2D eigenvalue weighted by Crippen LogP contribution is 2.38. The Labute approximate surface area is 172 Å². The van der Waals surface area contributed by atoms with Crippen molar-refractivity contribution in [3.63, 3.8) is 0 Å². The van der Waals surface area contributed by atoms with Crippen LogP contribution in [0.5, 0.6) is 0 Å². The first-order valence-corrected chi connectivity index (χ1v) is 10.7. The number of carbonyl (C=O) groups excluding carboxylic acids is 2. The van der Waals surface area contributed by atoms with Crippen LogP contribution in [0.25, 0.3) is 0 Å². The molecule has 2 fully saturated rings. The average Bonchev–Trinajstić information content (AvgIpc) is 3.51. The van der Waals surface area contributed by atoms with Gasteiger partial charge in [-0.3, -0.25) is 9.59 Å². The molecule has 1 heterocycles. The molecule has 2 aromatic carbocycles. The molecule has 2 aromatic rings. The van der Waals surface area contributed by atoms with Crippen molar-refractivity contribution in [2.24, 2.45) is 11.8 Å². The largest absolute Gasteiger partial charge is 0.372 e. The molecule has 2 unspecified atom stereocenters. The Morgan fingerprint density at radius 3 is 2.24 bits per heavy atom. The molecule has 5 heteroatoms. The fourth-order valence-corrected chi connectivity index (χ4v) is 3.95. The van der Waals surface area contributed by atoms with Crippen molar-refractivity contribution >= 4 is 28.9 Å². The Bertz CT molecular complexity index is 870. The predicted octanol–water partition coefficient (Wildman–Crippen LogP) is 4.91. The normalized spacial score (nSPS) is 21.2. The summed E-state index contributed by atoms with van der Waals surface area (Å²) in [4.78, 5) is 27.2. The van der Waals surface area contributed by atoms with Gasteiger partial charge >= 0.3 is 0 Å². The van der Waals surface area contributed by atoms with E-state index < -0.39 is 0 Å². The van der Waals surface area contributed by atoms with Crippen molar-refractivity contribution in [3.05, 3.63) is 54.1 Å². The molecule has 0 aromatic heterocycles. The Morgan fingerprint density at radius 2 is 1.59 bits per heavy atom. The van der Waals surface area contributed by atoms with Gasteiger partial charge in [0, 0.05) is 41.6 Å². The van der Waals surface area contributed by atoms with E-state index in [0.717, 1.165) is 25.2 Å². The lowest BCUT2D eigenvalue weighted by Crippen LogP contribution is -2.23. The van der Waals surface area contributed by atoms with E-state index in [0.29, 0.717) is 17.2 Å². The minimum atomic E-state index is -0.177.